The zero-order valence-electron chi connectivity index (χ0n) is 10.8. The zero-order valence-corrected chi connectivity index (χ0v) is 14.1. The Bertz CT molecular complexity index is 511. The molecule has 0 saturated carbocycles. The molecule has 0 amide bonds. The number of tetrazole rings is 1. The lowest BCUT2D eigenvalue weighted by Gasteiger charge is -2.08. The third-order valence-electron chi connectivity index (χ3n) is 2.34. The highest BCUT2D eigenvalue weighted by atomic mass is 79.9. The summed E-state index contributed by atoms with van der Waals surface area (Å²) in [5.74, 6) is 0.897. The monoisotopic (exact) mass is 361 g/mol. The van der Waals surface area contributed by atoms with Crippen molar-refractivity contribution in [3.8, 4) is 0 Å². The summed E-state index contributed by atoms with van der Waals surface area (Å²) in [6.07, 6.45) is 0. The first-order valence-electron chi connectivity index (χ1n) is 6.00. The number of thioether (sulfide) groups is 1. The molecule has 2 heterocycles. The molecule has 0 bridgehead atoms. The number of nitrogens with zero attached hydrogens (tertiary/aromatic N) is 4. The molecule has 2 aromatic rings. The van der Waals surface area contributed by atoms with Gasteiger partial charge < -0.3 is 5.32 Å². The Morgan fingerprint density at radius 1 is 1.53 bits per heavy atom. The molecule has 2 aromatic heterocycles. The Morgan fingerprint density at radius 3 is 3.05 bits per heavy atom. The number of thiophene rings is 1. The second kappa shape index (κ2) is 7.37. The Kier molecular flexibility index (Phi) is 5.80. The van der Waals surface area contributed by atoms with Gasteiger partial charge in [-0.2, -0.15) is 0 Å². The fraction of sp³-hybridized carbons (Fsp3) is 0.545. The maximum absolute atomic E-state index is 4.07. The van der Waals surface area contributed by atoms with E-state index in [2.05, 4.69) is 62.1 Å². The van der Waals surface area contributed by atoms with E-state index >= 15 is 0 Å². The molecule has 0 radical (unpaired) electrons. The summed E-state index contributed by atoms with van der Waals surface area (Å²) in [5.41, 5.74) is 0. The summed E-state index contributed by atoms with van der Waals surface area (Å²) >= 11 is 6.87. The van der Waals surface area contributed by atoms with Crippen LogP contribution in [0.15, 0.2) is 21.1 Å². The van der Waals surface area contributed by atoms with Gasteiger partial charge in [-0.25, -0.2) is 4.68 Å². The highest BCUT2D eigenvalue weighted by Crippen LogP contribution is 2.26. The second-order valence-electron chi connectivity index (χ2n) is 4.31. The van der Waals surface area contributed by atoms with Crippen LogP contribution in [0.1, 0.15) is 18.7 Å². The molecule has 5 nitrogen and oxygen atoms in total. The number of aromatic nitrogens is 4. The first-order valence-corrected chi connectivity index (χ1v) is 8.66. The van der Waals surface area contributed by atoms with Crippen LogP contribution in [-0.4, -0.2) is 32.8 Å². The van der Waals surface area contributed by atoms with Crippen molar-refractivity contribution < 1.29 is 0 Å². The molecule has 0 fully saturated rings. The van der Waals surface area contributed by atoms with Crippen LogP contribution in [0.4, 0.5) is 0 Å². The molecule has 1 N–H and O–H groups in total. The fourth-order valence-electron chi connectivity index (χ4n) is 1.46. The first-order chi connectivity index (χ1) is 9.15. The highest BCUT2D eigenvalue weighted by Gasteiger charge is 2.08. The van der Waals surface area contributed by atoms with E-state index < -0.39 is 0 Å². The van der Waals surface area contributed by atoms with Crippen molar-refractivity contribution in [1.29, 1.82) is 0 Å². The van der Waals surface area contributed by atoms with E-state index in [0.717, 1.165) is 28.5 Å². The molecule has 8 heteroatoms. The van der Waals surface area contributed by atoms with Gasteiger partial charge in [0.2, 0.25) is 5.16 Å². The number of hydrogen-bond donors (Lipinski definition) is 1. The summed E-state index contributed by atoms with van der Waals surface area (Å²) in [6, 6.07) is 2.61. The summed E-state index contributed by atoms with van der Waals surface area (Å²) < 4.78 is 2.98. The van der Waals surface area contributed by atoms with E-state index in [1.807, 2.05) is 4.68 Å². The molecule has 0 unspecified atom stereocenters. The van der Waals surface area contributed by atoms with Crippen molar-refractivity contribution in [3.05, 3.63) is 20.8 Å². The van der Waals surface area contributed by atoms with Gasteiger partial charge in [0, 0.05) is 33.1 Å². The standard InChI is InChI=1S/C11H16BrN5S2/c1-8(2)13-3-4-17-11(14-15-16-17)19-7-10-5-9(12)6-18-10/h5-6,8,13H,3-4,7H2,1-2H3. The summed E-state index contributed by atoms with van der Waals surface area (Å²) in [5, 5.41) is 18.1. The quantitative estimate of drug-likeness (QED) is 0.768. The third-order valence-corrected chi connectivity index (χ3v) is 5.23. The smallest absolute Gasteiger partial charge is 0.209 e. The van der Waals surface area contributed by atoms with E-state index in [4.69, 9.17) is 0 Å². The molecular formula is C11H16BrN5S2. The first kappa shape index (κ1) is 15.0. The maximum Gasteiger partial charge on any atom is 0.209 e. The summed E-state index contributed by atoms with van der Waals surface area (Å²) in [7, 11) is 0. The van der Waals surface area contributed by atoms with Gasteiger partial charge in [-0.3, -0.25) is 0 Å². The van der Waals surface area contributed by atoms with E-state index in [-0.39, 0.29) is 0 Å². The number of halogens is 1. The van der Waals surface area contributed by atoms with Gasteiger partial charge in [0.05, 0.1) is 6.54 Å². The van der Waals surface area contributed by atoms with Gasteiger partial charge in [0.1, 0.15) is 0 Å². The Labute approximate surface area is 129 Å². The molecule has 0 saturated heterocycles. The van der Waals surface area contributed by atoms with Crippen molar-refractivity contribution in [2.45, 2.75) is 37.3 Å². The molecule has 0 aliphatic heterocycles. The largest absolute Gasteiger partial charge is 0.313 e. The minimum Gasteiger partial charge on any atom is -0.313 e. The maximum atomic E-state index is 4.07. The minimum atomic E-state index is 0.482. The summed E-state index contributed by atoms with van der Waals surface area (Å²) in [4.78, 5) is 1.31. The van der Waals surface area contributed by atoms with Gasteiger partial charge in [-0.05, 0) is 32.4 Å². The van der Waals surface area contributed by atoms with Crippen LogP contribution in [0.5, 0.6) is 0 Å². The second-order valence-corrected chi connectivity index (χ2v) is 7.17. The highest BCUT2D eigenvalue weighted by molar-refractivity contribution is 9.10. The molecule has 0 aliphatic rings. The van der Waals surface area contributed by atoms with E-state index in [1.54, 1.807) is 23.1 Å². The van der Waals surface area contributed by atoms with Crippen molar-refractivity contribution in [3.63, 3.8) is 0 Å². The van der Waals surface area contributed by atoms with Crippen molar-refractivity contribution in [1.82, 2.24) is 25.5 Å². The predicted octanol–water partition coefficient (Wildman–Crippen LogP) is 2.79. The molecule has 2 rings (SSSR count). The minimum absolute atomic E-state index is 0.482. The molecule has 0 atom stereocenters. The molecule has 0 spiro atoms. The average molecular weight is 362 g/mol. The Morgan fingerprint density at radius 2 is 2.37 bits per heavy atom. The number of nitrogens with one attached hydrogen (secondary N) is 1. The zero-order chi connectivity index (χ0) is 13.7. The number of hydrogen-bond acceptors (Lipinski definition) is 6. The Hall–Kier alpha value is -0.440. The van der Waals surface area contributed by atoms with Gasteiger partial charge in [-0.15, -0.1) is 16.4 Å². The molecule has 0 aromatic carbocycles. The lowest BCUT2D eigenvalue weighted by atomic mass is 10.4. The van der Waals surface area contributed by atoms with Gasteiger partial charge >= 0.3 is 0 Å². The van der Waals surface area contributed by atoms with Crippen LogP contribution in [0.25, 0.3) is 0 Å². The van der Waals surface area contributed by atoms with Crippen LogP contribution in [0.2, 0.25) is 0 Å². The lowest BCUT2D eigenvalue weighted by molar-refractivity contribution is 0.485. The van der Waals surface area contributed by atoms with E-state index in [9.17, 15) is 0 Å². The van der Waals surface area contributed by atoms with Gasteiger partial charge in [-0.1, -0.05) is 25.6 Å². The van der Waals surface area contributed by atoms with Crippen LogP contribution in [-0.2, 0) is 12.3 Å². The SMILES string of the molecule is CC(C)NCCn1nnnc1SCc1cc(Br)cs1. The normalized spacial score (nSPS) is 11.4. The molecule has 19 heavy (non-hydrogen) atoms. The van der Waals surface area contributed by atoms with Crippen molar-refractivity contribution >= 4 is 39.0 Å². The van der Waals surface area contributed by atoms with Crippen LogP contribution in [0.3, 0.4) is 0 Å². The number of rotatable bonds is 7. The van der Waals surface area contributed by atoms with E-state index in [0.29, 0.717) is 6.04 Å². The van der Waals surface area contributed by atoms with Crippen molar-refractivity contribution in [2.24, 2.45) is 0 Å². The topological polar surface area (TPSA) is 55.6 Å². The third kappa shape index (κ3) is 4.87. The van der Waals surface area contributed by atoms with Crippen LogP contribution < -0.4 is 5.32 Å². The predicted molar refractivity (Wildman–Crippen MR) is 82.5 cm³/mol. The molecule has 0 aliphatic carbocycles. The molecule has 104 valence electrons. The van der Waals surface area contributed by atoms with Crippen LogP contribution >= 0.6 is 39.0 Å². The Balaban J connectivity index is 1.85. The lowest BCUT2D eigenvalue weighted by Crippen LogP contribution is -2.27. The van der Waals surface area contributed by atoms with E-state index in [1.165, 1.54) is 4.88 Å². The summed E-state index contributed by atoms with van der Waals surface area (Å²) in [6.45, 7) is 5.93. The molecular weight excluding hydrogens is 346 g/mol. The average Bonchev–Trinajstić information content (AvgIpc) is 2.95. The van der Waals surface area contributed by atoms with Gasteiger partial charge in [0.15, 0.2) is 0 Å². The van der Waals surface area contributed by atoms with Gasteiger partial charge in [0.25, 0.3) is 0 Å². The van der Waals surface area contributed by atoms with Crippen LogP contribution in [0, 0.1) is 0 Å². The van der Waals surface area contributed by atoms with Crippen molar-refractivity contribution in [2.75, 3.05) is 6.54 Å². The fourth-order valence-corrected chi connectivity index (χ4v) is 3.87.